The fraction of sp³-hybridized carbons (Fsp3) is 0.789. The van der Waals surface area contributed by atoms with E-state index in [1.54, 1.807) is 0 Å². The van der Waals surface area contributed by atoms with Gasteiger partial charge in [-0.2, -0.15) is 0 Å². The van der Waals surface area contributed by atoms with Gasteiger partial charge in [-0.15, -0.1) is 0 Å². The van der Waals surface area contributed by atoms with Crippen molar-refractivity contribution in [1.82, 2.24) is 10.6 Å². The molecule has 0 fully saturated rings. The van der Waals surface area contributed by atoms with E-state index in [1.165, 1.54) is 5.57 Å². The Morgan fingerprint density at radius 3 is 2.50 bits per heavy atom. The molecule has 3 atom stereocenters. The molecule has 0 spiro atoms. The molecule has 2 N–H and O–H groups in total. The SMILES string of the molecule is CCOC(=O)C[C@@H]1C[C@@H](C(C)C)[C@H](CNC(=O)NC(C)C)C=C1C. The quantitative estimate of drug-likeness (QED) is 0.551. The second kappa shape index (κ2) is 9.70. The highest BCUT2D eigenvalue weighted by Gasteiger charge is 2.32. The van der Waals surface area contributed by atoms with Crippen molar-refractivity contribution in [1.29, 1.82) is 0 Å². The molecule has 0 radical (unpaired) electrons. The van der Waals surface area contributed by atoms with Crippen molar-refractivity contribution in [2.24, 2.45) is 23.7 Å². The lowest BCUT2D eigenvalue weighted by molar-refractivity contribution is -0.144. The van der Waals surface area contributed by atoms with Crippen molar-refractivity contribution < 1.29 is 14.3 Å². The summed E-state index contributed by atoms with van der Waals surface area (Å²) in [5.41, 5.74) is 1.23. The van der Waals surface area contributed by atoms with Crippen LogP contribution in [0, 0.1) is 23.7 Å². The highest BCUT2D eigenvalue weighted by molar-refractivity contribution is 5.74. The molecule has 0 aromatic carbocycles. The Labute approximate surface area is 146 Å². The van der Waals surface area contributed by atoms with Gasteiger partial charge in [0, 0.05) is 12.6 Å². The molecule has 0 saturated heterocycles. The maximum Gasteiger partial charge on any atom is 0.315 e. The zero-order chi connectivity index (χ0) is 18.3. The molecule has 5 heteroatoms. The van der Waals surface area contributed by atoms with E-state index in [0.717, 1.165) is 6.42 Å². The molecule has 0 aromatic heterocycles. The highest BCUT2D eigenvalue weighted by atomic mass is 16.5. The van der Waals surface area contributed by atoms with Crippen molar-refractivity contribution in [3.63, 3.8) is 0 Å². The van der Waals surface area contributed by atoms with Crippen LogP contribution in [0.1, 0.15) is 54.4 Å². The summed E-state index contributed by atoms with van der Waals surface area (Å²) in [5.74, 6) is 1.38. The maximum atomic E-state index is 11.8. The Bertz CT molecular complexity index is 458. The largest absolute Gasteiger partial charge is 0.466 e. The van der Waals surface area contributed by atoms with E-state index in [9.17, 15) is 9.59 Å². The third-order valence-electron chi connectivity index (χ3n) is 4.72. The van der Waals surface area contributed by atoms with E-state index in [1.807, 2.05) is 20.8 Å². The first kappa shape index (κ1) is 20.5. The molecule has 138 valence electrons. The summed E-state index contributed by atoms with van der Waals surface area (Å²) in [6, 6.07) is 0.00990. The summed E-state index contributed by atoms with van der Waals surface area (Å²) in [5, 5.41) is 5.83. The van der Waals surface area contributed by atoms with Crippen molar-refractivity contribution in [2.75, 3.05) is 13.2 Å². The smallest absolute Gasteiger partial charge is 0.315 e. The standard InChI is InChI=1S/C19H34N2O3/c1-7-24-18(22)10-15-9-17(12(2)3)16(8-14(15)6)11-20-19(23)21-13(4)5/h8,12-13,15-17H,7,9-11H2,1-6H3,(H2,20,21,23)/t15-,16-,17-/m0/s1. The van der Waals surface area contributed by atoms with Gasteiger partial charge in [0.25, 0.3) is 0 Å². The number of allylic oxidation sites excluding steroid dienone is 1. The Kier molecular flexibility index (Phi) is 8.29. The Hall–Kier alpha value is -1.52. The number of rotatable bonds is 7. The molecular weight excluding hydrogens is 304 g/mol. The number of amides is 2. The van der Waals surface area contributed by atoms with Crippen molar-refractivity contribution >= 4 is 12.0 Å². The van der Waals surface area contributed by atoms with Crippen molar-refractivity contribution in [3.8, 4) is 0 Å². The molecule has 1 aliphatic rings. The lowest BCUT2D eigenvalue weighted by atomic mass is 9.70. The predicted octanol–water partition coefficient (Wildman–Crippen LogP) is 3.50. The fourth-order valence-electron chi connectivity index (χ4n) is 3.45. The van der Waals surface area contributed by atoms with E-state index in [-0.39, 0.29) is 24.0 Å². The van der Waals surface area contributed by atoms with Crippen LogP contribution in [-0.4, -0.2) is 31.2 Å². The lowest BCUT2D eigenvalue weighted by Crippen LogP contribution is -2.43. The number of esters is 1. The maximum absolute atomic E-state index is 11.8. The third-order valence-corrected chi connectivity index (χ3v) is 4.72. The summed E-state index contributed by atoms with van der Waals surface area (Å²) in [4.78, 5) is 23.6. The van der Waals surface area contributed by atoms with Gasteiger partial charge in [0.15, 0.2) is 0 Å². The molecule has 0 unspecified atom stereocenters. The lowest BCUT2D eigenvalue weighted by Gasteiger charge is -2.37. The first-order chi connectivity index (χ1) is 11.2. The highest BCUT2D eigenvalue weighted by Crippen LogP contribution is 2.38. The van der Waals surface area contributed by atoms with E-state index >= 15 is 0 Å². The number of hydrogen-bond donors (Lipinski definition) is 2. The predicted molar refractivity (Wildman–Crippen MR) is 96.6 cm³/mol. The Balaban J connectivity index is 2.72. The normalized spacial score (nSPS) is 23.8. The summed E-state index contributed by atoms with van der Waals surface area (Å²) in [6.45, 7) is 13.3. The molecule has 1 aliphatic carbocycles. The summed E-state index contributed by atoms with van der Waals surface area (Å²) >= 11 is 0. The molecule has 0 saturated carbocycles. The van der Waals surface area contributed by atoms with Gasteiger partial charge in [0.1, 0.15) is 0 Å². The average molecular weight is 338 g/mol. The monoisotopic (exact) mass is 338 g/mol. The van der Waals surface area contributed by atoms with Gasteiger partial charge >= 0.3 is 12.0 Å². The van der Waals surface area contributed by atoms with Gasteiger partial charge in [-0.3, -0.25) is 4.79 Å². The Morgan fingerprint density at radius 2 is 1.96 bits per heavy atom. The molecule has 24 heavy (non-hydrogen) atoms. The number of ether oxygens (including phenoxy) is 1. The summed E-state index contributed by atoms with van der Waals surface area (Å²) in [6.07, 6.45) is 3.66. The van der Waals surface area contributed by atoms with Crippen molar-refractivity contribution in [2.45, 2.75) is 60.4 Å². The van der Waals surface area contributed by atoms with Crippen LogP contribution >= 0.6 is 0 Å². The minimum absolute atomic E-state index is 0.118. The second-order valence-electron chi connectivity index (χ2n) is 7.43. The first-order valence-electron chi connectivity index (χ1n) is 9.12. The van der Waals surface area contributed by atoms with Gasteiger partial charge in [-0.25, -0.2) is 4.79 Å². The summed E-state index contributed by atoms with van der Waals surface area (Å²) in [7, 11) is 0. The van der Waals surface area contributed by atoms with E-state index in [4.69, 9.17) is 4.74 Å². The summed E-state index contributed by atoms with van der Waals surface area (Å²) < 4.78 is 5.10. The molecule has 2 amide bonds. The fourth-order valence-corrected chi connectivity index (χ4v) is 3.45. The van der Waals surface area contributed by atoms with Gasteiger partial charge in [0.2, 0.25) is 0 Å². The van der Waals surface area contributed by atoms with Gasteiger partial charge in [0.05, 0.1) is 13.0 Å². The van der Waals surface area contributed by atoms with Crippen molar-refractivity contribution in [3.05, 3.63) is 11.6 Å². The molecule has 0 aromatic rings. The topological polar surface area (TPSA) is 67.4 Å². The number of urea groups is 1. The van der Waals surface area contributed by atoms with Crippen LogP contribution < -0.4 is 10.6 Å². The zero-order valence-corrected chi connectivity index (χ0v) is 16.0. The van der Waals surface area contributed by atoms with Gasteiger partial charge in [-0.1, -0.05) is 25.5 Å². The van der Waals surface area contributed by atoms with Crippen LogP contribution in [-0.2, 0) is 9.53 Å². The van der Waals surface area contributed by atoms with Crippen LogP contribution in [0.25, 0.3) is 0 Å². The van der Waals surface area contributed by atoms with Crippen LogP contribution in [0.15, 0.2) is 11.6 Å². The second-order valence-corrected chi connectivity index (χ2v) is 7.43. The van der Waals surface area contributed by atoms with Crippen LogP contribution in [0.3, 0.4) is 0 Å². The minimum atomic E-state index is -0.120. The van der Waals surface area contributed by atoms with Crippen LogP contribution in [0.4, 0.5) is 4.79 Å². The Morgan fingerprint density at radius 1 is 1.29 bits per heavy atom. The molecule has 5 nitrogen and oxygen atoms in total. The van der Waals surface area contributed by atoms with Crippen LogP contribution in [0.2, 0.25) is 0 Å². The number of carbonyl (C=O) groups excluding carboxylic acids is 2. The third kappa shape index (κ3) is 6.54. The average Bonchev–Trinajstić information content (AvgIpc) is 2.46. The molecule has 0 aliphatic heterocycles. The minimum Gasteiger partial charge on any atom is -0.466 e. The zero-order valence-electron chi connectivity index (χ0n) is 16.0. The van der Waals surface area contributed by atoms with E-state index in [2.05, 4.69) is 37.5 Å². The van der Waals surface area contributed by atoms with E-state index < -0.39 is 0 Å². The number of carbonyl (C=O) groups is 2. The van der Waals surface area contributed by atoms with Gasteiger partial charge in [-0.05, 0) is 57.8 Å². The number of nitrogens with one attached hydrogen (secondary N) is 2. The molecule has 1 rings (SSSR count). The molecular formula is C19H34N2O3. The van der Waals surface area contributed by atoms with E-state index in [0.29, 0.717) is 37.3 Å². The van der Waals surface area contributed by atoms with Crippen LogP contribution in [0.5, 0.6) is 0 Å². The number of hydrogen-bond acceptors (Lipinski definition) is 3. The first-order valence-corrected chi connectivity index (χ1v) is 9.12. The molecule has 0 heterocycles. The van der Waals surface area contributed by atoms with Gasteiger partial charge < -0.3 is 15.4 Å². The molecule has 0 bridgehead atoms.